The van der Waals surface area contributed by atoms with Gasteiger partial charge in [0.2, 0.25) is 0 Å². The number of fused-ring (bicyclic) bond motifs is 1. The molecule has 0 aliphatic carbocycles. The van der Waals surface area contributed by atoms with E-state index in [1.165, 1.54) is 25.3 Å². The van der Waals surface area contributed by atoms with E-state index >= 15 is 0 Å². The van der Waals surface area contributed by atoms with Crippen LogP contribution in [0.15, 0.2) is 41.2 Å². The van der Waals surface area contributed by atoms with Gasteiger partial charge in [0.25, 0.3) is 5.56 Å². The van der Waals surface area contributed by atoms with E-state index in [1.807, 2.05) is 6.92 Å². The van der Waals surface area contributed by atoms with Crippen LogP contribution in [0, 0.1) is 0 Å². The molecule has 7 heteroatoms. The summed E-state index contributed by atoms with van der Waals surface area (Å²) in [7, 11) is 1.53. The maximum atomic E-state index is 12.4. The van der Waals surface area contributed by atoms with Gasteiger partial charge in [0, 0.05) is 0 Å². The van der Waals surface area contributed by atoms with Crippen molar-refractivity contribution in [1.29, 1.82) is 0 Å². The van der Waals surface area contributed by atoms with Crippen LogP contribution in [-0.2, 0) is 0 Å². The summed E-state index contributed by atoms with van der Waals surface area (Å²) >= 11 is 0. The monoisotopic (exact) mass is 340 g/mol. The molecule has 0 fully saturated rings. The molecule has 7 nitrogen and oxygen atoms in total. The number of ether oxygens (including phenoxy) is 2. The number of hydrogen-bond donors (Lipinski definition) is 2. The molecule has 0 aliphatic heterocycles. The van der Waals surface area contributed by atoms with E-state index < -0.39 is 11.5 Å². The first-order valence-electron chi connectivity index (χ1n) is 7.62. The fourth-order valence-corrected chi connectivity index (χ4v) is 2.53. The second kappa shape index (κ2) is 6.64. The van der Waals surface area contributed by atoms with Crippen LogP contribution < -0.4 is 15.0 Å². The molecule has 0 aliphatic rings. The summed E-state index contributed by atoms with van der Waals surface area (Å²) in [6.45, 7) is 2.38. The third-order valence-electron chi connectivity index (χ3n) is 3.69. The van der Waals surface area contributed by atoms with Gasteiger partial charge in [-0.15, -0.1) is 0 Å². The Labute approximate surface area is 142 Å². The summed E-state index contributed by atoms with van der Waals surface area (Å²) in [5, 5.41) is 9.27. The average Bonchev–Trinajstić information content (AvgIpc) is 2.61. The van der Waals surface area contributed by atoms with Crippen LogP contribution in [-0.4, -0.2) is 34.8 Å². The minimum atomic E-state index is -1.10. The smallest absolute Gasteiger partial charge is 0.335 e. The van der Waals surface area contributed by atoms with Gasteiger partial charge in [-0.25, -0.2) is 9.78 Å². The number of rotatable bonds is 5. The highest BCUT2D eigenvalue weighted by Crippen LogP contribution is 2.31. The Balaban J connectivity index is 2.19. The van der Waals surface area contributed by atoms with Crippen LogP contribution >= 0.6 is 0 Å². The number of nitrogens with one attached hydrogen (secondary N) is 1. The third-order valence-corrected chi connectivity index (χ3v) is 3.69. The molecule has 2 aromatic carbocycles. The van der Waals surface area contributed by atoms with E-state index in [9.17, 15) is 9.59 Å². The molecule has 3 rings (SSSR count). The first-order chi connectivity index (χ1) is 12.0. The lowest BCUT2D eigenvalue weighted by atomic mass is 10.1. The molecule has 0 atom stereocenters. The summed E-state index contributed by atoms with van der Waals surface area (Å²) in [4.78, 5) is 30.6. The summed E-state index contributed by atoms with van der Waals surface area (Å²) in [6, 6.07) is 9.46. The molecule has 0 unspecified atom stereocenters. The Morgan fingerprint density at radius 3 is 2.72 bits per heavy atom. The van der Waals surface area contributed by atoms with Gasteiger partial charge >= 0.3 is 5.97 Å². The lowest BCUT2D eigenvalue weighted by Gasteiger charge is -2.11. The highest BCUT2D eigenvalue weighted by Gasteiger charge is 2.13. The molecule has 0 radical (unpaired) electrons. The Morgan fingerprint density at radius 2 is 2.04 bits per heavy atom. The van der Waals surface area contributed by atoms with Crippen molar-refractivity contribution >= 4 is 16.9 Å². The van der Waals surface area contributed by atoms with E-state index in [4.69, 9.17) is 14.6 Å². The molecule has 1 aromatic heterocycles. The van der Waals surface area contributed by atoms with Gasteiger partial charge in [0.15, 0.2) is 0 Å². The number of hydrogen-bond acceptors (Lipinski definition) is 5. The van der Waals surface area contributed by atoms with Crippen molar-refractivity contribution in [2.24, 2.45) is 0 Å². The third kappa shape index (κ3) is 3.16. The van der Waals surface area contributed by atoms with Crippen LogP contribution in [0.4, 0.5) is 0 Å². The standard InChI is InChI=1S/C18H16N2O5/c1-3-25-11-5-7-15(24-2)13(9-11)16-19-14-6-4-10(18(22)23)8-12(14)17(21)20-16/h4-9H,3H2,1-2H3,(H,22,23)(H,19,20,21). The number of nitrogens with zero attached hydrogens (tertiary/aromatic N) is 1. The van der Waals surface area contributed by atoms with Crippen LogP contribution in [0.25, 0.3) is 22.3 Å². The zero-order valence-electron chi connectivity index (χ0n) is 13.7. The van der Waals surface area contributed by atoms with Gasteiger partial charge in [0.1, 0.15) is 17.3 Å². The van der Waals surface area contributed by atoms with E-state index in [2.05, 4.69) is 9.97 Å². The number of carboxylic acid groups (broad SMARTS) is 1. The van der Waals surface area contributed by atoms with Crippen LogP contribution in [0.5, 0.6) is 11.5 Å². The lowest BCUT2D eigenvalue weighted by Crippen LogP contribution is -2.11. The van der Waals surface area contributed by atoms with Crippen molar-refractivity contribution in [3.05, 3.63) is 52.3 Å². The molecule has 0 amide bonds. The minimum absolute atomic E-state index is 0.0310. The predicted octanol–water partition coefficient (Wildman–Crippen LogP) is 2.70. The average molecular weight is 340 g/mol. The van der Waals surface area contributed by atoms with Crippen molar-refractivity contribution in [2.45, 2.75) is 6.92 Å². The van der Waals surface area contributed by atoms with E-state index in [0.717, 1.165) is 0 Å². The summed E-state index contributed by atoms with van der Waals surface area (Å²) in [6.07, 6.45) is 0. The molecule has 128 valence electrons. The maximum Gasteiger partial charge on any atom is 0.335 e. The van der Waals surface area contributed by atoms with Crippen LogP contribution in [0.2, 0.25) is 0 Å². The zero-order chi connectivity index (χ0) is 18.0. The number of methoxy groups -OCH3 is 1. The molecule has 1 heterocycles. The zero-order valence-corrected chi connectivity index (χ0v) is 13.7. The van der Waals surface area contributed by atoms with Gasteiger partial charge < -0.3 is 19.6 Å². The van der Waals surface area contributed by atoms with Crippen molar-refractivity contribution in [3.63, 3.8) is 0 Å². The molecular formula is C18H16N2O5. The maximum absolute atomic E-state index is 12.4. The number of carboxylic acids is 1. The van der Waals surface area contributed by atoms with E-state index in [0.29, 0.717) is 35.0 Å². The Hall–Kier alpha value is -3.35. The number of carbonyl (C=O) groups is 1. The molecule has 0 saturated carbocycles. The predicted molar refractivity (Wildman–Crippen MR) is 92.5 cm³/mol. The molecule has 0 saturated heterocycles. The van der Waals surface area contributed by atoms with Crippen molar-refractivity contribution in [1.82, 2.24) is 9.97 Å². The number of benzene rings is 2. The second-order valence-electron chi connectivity index (χ2n) is 5.25. The molecule has 0 spiro atoms. The molecular weight excluding hydrogens is 324 g/mol. The fraction of sp³-hybridized carbons (Fsp3) is 0.167. The largest absolute Gasteiger partial charge is 0.496 e. The number of H-pyrrole nitrogens is 1. The van der Waals surface area contributed by atoms with Crippen molar-refractivity contribution < 1.29 is 19.4 Å². The molecule has 3 aromatic rings. The van der Waals surface area contributed by atoms with E-state index in [-0.39, 0.29) is 10.9 Å². The molecule has 0 bridgehead atoms. The lowest BCUT2D eigenvalue weighted by molar-refractivity contribution is 0.0697. The highest BCUT2D eigenvalue weighted by atomic mass is 16.5. The van der Waals surface area contributed by atoms with E-state index in [1.54, 1.807) is 18.2 Å². The van der Waals surface area contributed by atoms with Gasteiger partial charge in [-0.05, 0) is 43.3 Å². The minimum Gasteiger partial charge on any atom is -0.496 e. The normalized spacial score (nSPS) is 10.6. The second-order valence-corrected chi connectivity index (χ2v) is 5.25. The first kappa shape index (κ1) is 16.5. The fourth-order valence-electron chi connectivity index (χ4n) is 2.53. The highest BCUT2D eigenvalue weighted by molar-refractivity contribution is 5.93. The number of aromatic nitrogens is 2. The number of aromatic carboxylic acids is 1. The summed E-state index contributed by atoms with van der Waals surface area (Å²) < 4.78 is 10.8. The summed E-state index contributed by atoms with van der Waals surface area (Å²) in [5.41, 5.74) is 0.581. The number of aromatic amines is 1. The molecule has 2 N–H and O–H groups in total. The Kier molecular flexibility index (Phi) is 4.38. The molecule has 25 heavy (non-hydrogen) atoms. The quantitative estimate of drug-likeness (QED) is 0.740. The van der Waals surface area contributed by atoms with Crippen molar-refractivity contribution in [2.75, 3.05) is 13.7 Å². The van der Waals surface area contributed by atoms with Crippen LogP contribution in [0.3, 0.4) is 0 Å². The van der Waals surface area contributed by atoms with Crippen molar-refractivity contribution in [3.8, 4) is 22.9 Å². The van der Waals surface area contributed by atoms with Gasteiger partial charge in [0.05, 0.1) is 35.7 Å². The Bertz CT molecular complexity index is 1010. The van der Waals surface area contributed by atoms with Gasteiger partial charge in [-0.3, -0.25) is 4.79 Å². The van der Waals surface area contributed by atoms with Crippen LogP contribution in [0.1, 0.15) is 17.3 Å². The topological polar surface area (TPSA) is 102 Å². The first-order valence-corrected chi connectivity index (χ1v) is 7.62. The summed E-state index contributed by atoms with van der Waals surface area (Å²) in [5.74, 6) is 0.380. The van der Waals surface area contributed by atoms with Gasteiger partial charge in [-0.1, -0.05) is 0 Å². The SMILES string of the molecule is CCOc1ccc(OC)c(-c2nc3ccc(C(=O)O)cc3c(=O)[nH]2)c1. The Morgan fingerprint density at radius 1 is 1.24 bits per heavy atom. The van der Waals surface area contributed by atoms with Gasteiger partial charge in [-0.2, -0.15) is 0 Å².